The van der Waals surface area contributed by atoms with Crippen LogP contribution in [0.25, 0.3) is 0 Å². The minimum Gasteiger partial charge on any atom is -0.345 e. The van der Waals surface area contributed by atoms with Crippen molar-refractivity contribution in [2.24, 2.45) is 0 Å². The maximum absolute atomic E-state index is 11.3. The summed E-state index contributed by atoms with van der Waals surface area (Å²) in [5, 5.41) is 2.51. The maximum atomic E-state index is 11.3. The predicted molar refractivity (Wildman–Crippen MR) is 88.5 cm³/mol. The van der Waals surface area contributed by atoms with Gasteiger partial charge in [0, 0.05) is 5.56 Å². The molecule has 1 saturated carbocycles. The van der Waals surface area contributed by atoms with Gasteiger partial charge < -0.3 is 5.32 Å². The zero-order valence-corrected chi connectivity index (χ0v) is 13.7. The first-order valence-corrected chi connectivity index (χ1v) is 8.03. The molecule has 0 unspecified atom stereocenters. The Hall–Kier alpha value is -1.64. The number of amides is 1. The third-order valence-corrected chi connectivity index (χ3v) is 3.03. The van der Waals surface area contributed by atoms with Crippen molar-refractivity contribution < 1.29 is 9.59 Å². The summed E-state index contributed by atoms with van der Waals surface area (Å²) in [5.74, 6) is -0.264. The lowest BCUT2D eigenvalue weighted by Crippen LogP contribution is -2.28. The van der Waals surface area contributed by atoms with Gasteiger partial charge in [-0.05, 0) is 19.1 Å². The van der Waals surface area contributed by atoms with Gasteiger partial charge in [-0.2, -0.15) is 0 Å². The number of ketones is 1. The van der Waals surface area contributed by atoms with Crippen LogP contribution in [0.1, 0.15) is 69.7 Å². The molecule has 1 aliphatic carbocycles. The zero-order valence-electron chi connectivity index (χ0n) is 13.7. The summed E-state index contributed by atoms with van der Waals surface area (Å²) in [5.41, 5.74) is 0.573. The molecule has 0 heterocycles. The van der Waals surface area contributed by atoms with E-state index in [0.29, 0.717) is 5.56 Å². The highest BCUT2D eigenvalue weighted by Crippen LogP contribution is 2.15. The highest BCUT2D eigenvalue weighted by atomic mass is 16.2. The fraction of sp³-hybridized carbons (Fsp3) is 0.556. The Morgan fingerprint density at radius 3 is 1.71 bits per heavy atom. The van der Waals surface area contributed by atoms with Gasteiger partial charge in [-0.25, -0.2) is 0 Å². The van der Waals surface area contributed by atoms with E-state index in [1.807, 2.05) is 19.9 Å². The minimum absolute atomic E-state index is 0.0516. The van der Waals surface area contributed by atoms with Crippen LogP contribution in [0, 0.1) is 0 Å². The molecule has 3 nitrogen and oxygen atoms in total. The number of rotatable bonds is 3. The normalized spacial score (nSPS) is 12.9. The molecular formula is C18H29NO2. The first-order chi connectivity index (χ1) is 10.2. The van der Waals surface area contributed by atoms with Crippen molar-refractivity contribution in [3.05, 3.63) is 35.9 Å². The van der Waals surface area contributed by atoms with Crippen LogP contribution < -0.4 is 5.32 Å². The molecule has 0 aromatic heterocycles. The number of hydrogen-bond acceptors (Lipinski definition) is 2. The molecule has 118 valence electrons. The summed E-state index contributed by atoms with van der Waals surface area (Å²) in [4.78, 5) is 21.9. The van der Waals surface area contributed by atoms with Gasteiger partial charge in [-0.1, -0.05) is 70.6 Å². The van der Waals surface area contributed by atoms with E-state index in [0.717, 1.165) is 0 Å². The van der Waals surface area contributed by atoms with Gasteiger partial charge in [0.05, 0.1) is 6.54 Å². The number of Topliss-reactive ketones (excluding diaryl/α,β-unsaturated/α-hetero) is 1. The fourth-order valence-electron chi connectivity index (χ4n) is 1.96. The number of benzene rings is 1. The van der Waals surface area contributed by atoms with Gasteiger partial charge in [0.25, 0.3) is 5.91 Å². The van der Waals surface area contributed by atoms with Gasteiger partial charge in [0.1, 0.15) is 5.78 Å². The van der Waals surface area contributed by atoms with Crippen molar-refractivity contribution in [3.63, 3.8) is 0 Å². The average Bonchev–Trinajstić information content (AvgIpc) is 2.57. The summed E-state index contributed by atoms with van der Waals surface area (Å²) in [6.45, 7) is 5.53. The topological polar surface area (TPSA) is 46.2 Å². The molecule has 2 rings (SSSR count). The summed E-state index contributed by atoms with van der Waals surface area (Å²) in [7, 11) is 0. The largest absolute Gasteiger partial charge is 0.345 e. The standard InChI is InChI=1S/C10H11NO2.C6H12.C2H6/c1-8(12)7-11-10(13)9-5-3-2-4-6-9;1-2-4-6-5-3-1;1-2/h2-6H,7H2,1H3,(H,11,13);1-6H2;1-2H3. The number of carbonyl (C=O) groups excluding carboxylic acids is 2. The van der Waals surface area contributed by atoms with Crippen LogP contribution in [-0.4, -0.2) is 18.2 Å². The molecule has 3 heteroatoms. The summed E-state index contributed by atoms with van der Waals surface area (Å²) >= 11 is 0. The van der Waals surface area contributed by atoms with Gasteiger partial charge in [0.2, 0.25) is 0 Å². The van der Waals surface area contributed by atoms with Gasteiger partial charge in [-0.15, -0.1) is 0 Å². The third kappa shape index (κ3) is 10.8. The van der Waals surface area contributed by atoms with E-state index in [-0.39, 0.29) is 18.2 Å². The van der Waals surface area contributed by atoms with E-state index in [1.54, 1.807) is 24.3 Å². The summed E-state index contributed by atoms with van der Waals surface area (Å²) in [6, 6.07) is 8.80. The predicted octanol–water partition coefficient (Wildman–Crippen LogP) is 4.37. The summed E-state index contributed by atoms with van der Waals surface area (Å²) < 4.78 is 0. The quantitative estimate of drug-likeness (QED) is 0.898. The Kier molecular flexibility index (Phi) is 12.3. The Labute approximate surface area is 129 Å². The molecule has 0 aliphatic heterocycles. The number of hydrogen-bond donors (Lipinski definition) is 1. The second-order valence-electron chi connectivity index (χ2n) is 4.87. The van der Waals surface area contributed by atoms with Crippen LogP contribution in [-0.2, 0) is 4.79 Å². The van der Waals surface area contributed by atoms with E-state index in [9.17, 15) is 9.59 Å². The molecule has 1 fully saturated rings. The van der Waals surface area contributed by atoms with E-state index in [1.165, 1.54) is 45.4 Å². The van der Waals surface area contributed by atoms with Gasteiger partial charge >= 0.3 is 0 Å². The van der Waals surface area contributed by atoms with Gasteiger partial charge in [-0.3, -0.25) is 9.59 Å². The van der Waals surface area contributed by atoms with Crippen LogP contribution in [0.2, 0.25) is 0 Å². The number of nitrogens with one attached hydrogen (secondary N) is 1. The molecule has 1 aliphatic rings. The second kappa shape index (κ2) is 13.3. The Bertz CT molecular complexity index is 372. The number of carbonyl (C=O) groups is 2. The molecule has 1 aromatic rings. The Balaban J connectivity index is 0.000000416. The van der Waals surface area contributed by atoms with Crippen molar-refractivity contribution in [1.82, 2.24) is 5.32 Å². The van der Waals surface area contributed by atoms with Crippen molar-refractivity contribution in [2.45, 2.75) is 59.3 Å². The molecule has 1 aromatic carbocycles. The molecule has 0 radical (unpaired) electrons. The van der Waals surface area contributed by atoms with E-state index < -0.39 is 0 Å². The lowest BCUT2D eigenvalue weighted by Gasteiger charge is -2.05. The highest BCUT2D eigenvalue weighted by Gasteiger charge is 2.03. The van der Waals surface area contributed by atoms with Crippen LogP contribution >= 0.6 is 0 Å². The third-order valence-electron chi connectivity index (χ3n) is 3.03. The lowest BCUT2D eigenvalue weighted by atomic mass is 10.0. The van der Waals surface area contributed by atoms with Crippen LogP contribution in [0.4, 0.5) is 0 Å². The molecule has 0 atom stereocenters. The minimum atomic E-state index is -0.212. The molecule has 1 amide bonds. The fourth-order valence-corrected chi connectivity index (χ4v) is 1.96. The van der Waals surface area contributed by atoms with Crippen LogP contribution in [0.3, 0.4) is 0 Å². The smallest absolute Gasteiger partial charge is 0.251 e. The molecule has 0 spiro atoms. The SMILES string of the molecule is C1CCCCC1.CC.CC(=O)CNC(=O)c1ccccc1. The van der Waals surface area contributed by atoms with Crippen molar-refractivity contribution in [2.75, 3.05) is 6.54 Å². The van der Waals surface area contributed by atoms with E-state index in [2.05, 4.69) is 5.32 Å². The first kappa shape index (κ1) is 19.4. The molecule has 1 N–H and O–H groups in total. The summed E-state index contributed by atoms with van der Waals surface area (Å²) in [6.07, 6.45) is 9.00. The monoisotopic (exact) mass is 291 g/mol. The Morgan fingerprint density at radius 1 is 0.905 bits per heavy atom. The average molecular weight is 291 g/mol. The van der Waals surface area contributed by atoms with Crippen LogP contribution in [0.5, 0.6) is 0 Å². The molecule has 21 heavy (non-hydrogen) atoms. The lowest BCUT2D eigenvalue weighted by molar-refractivity contribution is -0.116. The van der Waals surface area contributed by atoms with Crippen molar-refractivity contribution in [1.29, 1.82) is 0 Å². The molecule has 0 bridgehead atoms. The van der Waals surface area contributed by atoms with E-state index >= 15 is 0 Å². The molecule has 0 saturated heterocycles. The maximum Gasteiger partial charge on any atom is 0.251 e. The second-order valence-corrected chi connectivity index (χ2v) is 4.87. The van der Waals surface area contributed by atoms with Crippen LogP contribution in [0.15, 0.2) is 30.3 Å². The van der Waals surface area contributed by atoms with E-state index in [4.69, 9.17) is 0 Å². The van der Waals surface area contributed by atoms with Crippen molar-refractivity contribution in [3.8, 4) is 0 Å². The first-order valence-electron chi connectivity index (χ1n) is 8.03. The van der Waals surface area contributed by atoms with Crippen molar-refractivity contribution >= 4 is 11.7 Å². The Morgan fingerprint density at radius 2 is 1.33 bits per heavy atom. The van der Waals surface area contributed by atoms with Gasteiger partial charge in [0.15, 0.2) is 0 Å². The highest BCUT2D eigenvalue weighted by molar-refractivity contribution is 5.96. The molecular weight excluding hydrogens is 262 g/mol. The zero-order chi connectivity index (χ0) is 15.9.